The van der Waals surface area contributed by atoms with Crippen LogP contribution in [0.2, 0.25) is 0 Å². The van der Waals surface area contributed by atoms with Gasteiger partial charge in [-0.15, -0.1) is 0 Å². The molecule has 5 heteroatoms. The number of amides is 2. The number of nitrogens with one attached hydrogen (secondary N) is 1. The summed E-state index contributed by atoms with van der Waals surface area (Å²) in [6.07, 6.45) is 3.55. The quantitative estimate of drug-likeness (QED) is 0.862. The molecule has 1 N–H and O–H groups in total. The van der Waals surface area contributed by atoms with E-state index in [0.717, 1.165) is 29.3 Å². The van der Waals surface area contributed by atoms with Gasteiger partial charge >= 0.3 is 0 Å². The molecule has 1 aromatic carbocycles. The zero-order valence-electron chi connectivity index (χ0n) is 11.6. The van der Waals surface area contributed by atoms with Gasteiger partial charge in [0, 0.05) is 29.2 Å². The van der Waals surface area contributed by atoms with Gasteiger partial charge < -0.3 is 4.98 Å². The summed E-state index contributed by atoms with van der Waals surface area (Å²) in [5.74, 6) is -0.459. The lowest BCUT2D eigenvalue weighted by molar-refractivity contribution is -0.136. The van der Waals surface area contributed by atoms with Crippen molar-refractivity contribution in [2.75, 3.05) is 6.54 Å². The second-order valence-corrected chi connectivity index (χ2v) is 5.85. The molecule has 0 saturated heterocycles. The maximum atomic E-state index is 12.6. The molecular formula is C16H15BrN2O2. The summed E-state index contributed by atoms with van der Waals surface area (Å²) >= 11 is 3.30. The summed E-state index contributed by atoms with van der Waals surface area (Å²) in [4.78, 5) is 29.3. The molecule has 0 radical (unpaired) electrons. The Morgan fingerprint density at radius 1 is 1.19 bits per heavy atom. The van der Waals surface area contributed by atoms with Crippen LogP contribution in [0.15, 0.2) is 34.9 Å². The van der Waals surface area contributed by atoms with E-state index in [1.165, 1.54) is 4.90 Å². The van der Waals surface area contributed by atoms with Crippen LogP contribution in [0.4, 0.5) is 0 Å². The van der Waals surface area contributed by atoms with Crippen LogP contribution in [0.1, 0.15) is 25.3 Å². The smallest absolute Gasteiger partial charge is 0.268 e. The van der Waals surface area contributed by atoms with Gasteiger partial charge in [-0.3, -0.25) is 14.5 Å². The van der Waals surface area contributed by atoms with Gasteiger partial charge in [-0.25, -0.2) is 0 Å². The molecule has 1 aliphatic rings. The number of unbranched alkanes of at least 4 members (excludes halogenated alkanes) is 1. The van der Waals surface area contributed by atoms with E-state index in [0.29, 0.717) is 16.6 Å². The monoisotopic (exact) mass is 346 g/mol. The second kappa shape index (κ2) is 5.48. The van der Waals surface area contributed by atoms with Gasteiger partial charge in [-0.05, 0) is 28.4 Å². The molecule has 0 bridgehead atoms. The second-order valence-electron chi connectivity index (χ2n) is 5.05. The molecule has 0 fully saturated rings. The summed E-state index contributed by atoms with van der Waals surface area (Å²) in [6, 6.07) is 7.75. The number of carbonyl (C=O) groups excluding carboxylic acids is 2. The van der Waals surface area contributed by atoms with Crippen LogP contribution < -0.4 is 0 Å². The van der Waals surface area contributed by atoms with E-state index in [2.05, 4.69) is 20.9 Å². The van der Waals surface area contributed by atoms with E-state index in [9.17, 15) is 9.59 Å². The molecule has 0 unspecified atom stereocenters. The normalized spacial score (nSPS) is 15.6. The van der Waals surface area contributed by atoms with E-state index >= 15 is 0 Å². The Bertz CT molecular complexity index is 760. The third kappa shape index (κ3) is 2.21. The Morgan fingerprint density at radius 2 is 1.95 bits per heavy atom. The number of aromatic amines is 1. The van der Waals surface area contributed by atoms with Crippen molar-refractivity contribution in [1.29, 1.82) is 0 Å². The predicted octanol–water partition coefficient (Wildman–Crippen LogP) is 3.44. The summed E-state index contributed by atoms with van der Waals surface area (Å²) < 4.78 is 0.355. The van der Waals surface area contributed by atoms with Crippen molar-refractivity contribution >= 4 is 44.2 Å². The number of halogens is 1. The Labute approximate surface area is 130 Å². The van der Waals surface area contributed by atoms with Crippen molar-refractivity contribution in [3.8, 4) is 0 Å². The molecule has 2 heterocycles. The minimum absolute atomic E-state index is 0.218. The van der Waals surface area contributed by atoms with Crippen LogP contribution >= 0.6 is 15.9 Å². The molecule has 21 heavy (non-hydrogen) atoms. The minimum Gasteiger partial charge on any atom is -0.361 e. The third-order valence-electron chi connectivity index (χ3n) is 3.71. The Balaban J connectivity index is 2.05. The lowest BCUT2D eigenvalue weighted by Crippen LogP contribution is -2.32. The zero-order valence-corrected chi connectivity index (χ0v) is 13.2. The fraction of sp³-hybridized carbons (Fsp3) is 0.250. The summed E-state index contributed by atoms with van der Waals surface area (Å²) in [5.41, 5.74) is 2.18. The number of carbonyl (C=O) groups is 2. The first-order valence-corrected chi connectivity index (χ1v) is 7.77. The van der Waals surface area contributed by atoms with Gasteiger partial charge in [0.2, 0.25) is 0 Å². The summed E-state index contributed by atoms with van der Waals surface area (Å²) in [6.45, 7) is 2.50. The predicted molar refractivity (Wildman–Crippen MR) is 85.8 cm³/mol. The fourth-order valence-electron chi connectivity index (χ4n) is 2.58. The third-order valence-corrected chi connectivity index (χ3v) is 4.44. The van der Waals surface area contributed by atoms with Crippen LogP contribution in [0.25, 0.3) is 16.5 Å². The molecule has 0 aliphatic carbocycles. The topological polar surface area (TPSA) is 53.2 Å². The van der Waals surface area contributed by atoms with Crippen LogP contribution in [0.5, 0.6) is 0 Å². The highest BCUT2D eigenvalue weighted by molar-refractivity contribution is 9.12. The molecule has 3 rings (SSSR count). The minimum atomic E-state index is -0.242. The SMILES string of the molecule is CCCCN1C(=O)C(Br)=C(c2c[nH]c3ccccc23)C1=O. The van der Waals surface area contributed by atoms with Crippen molar-refractivity contribution < 1.29 is 9.59 Å². The Kier molecular flexibility index (Phi) is 3.68. The van der Waals surface area contributed by atoms with Gasteiger partial charge in [-0.2, -0.15) is 0 Å². The fourth-order valence-corrected chi connectivity index (χ4v) is 3.17. The number of rotatable bonds is 4. The maximum Gasteiger partial charge on any atom is 0.268 e. The van der Waals surface area contributed by atoms with Crippen LogP contribution in [0.3, 0.4) is 0 Å². The lowest BCUT2D eigenvalue weighted by Gasteiger charge is -2.13. The zero-order chi connectivity index (χ0) is 15.0. The molecule has 0 spiro atoms. The van der Waals surface area contributed by atoms with E-state index in [-0.39, 0.29) is 11.8 Å². The van der Waals surface area contributed by atoms with Gasteiger partial charge in [0.1, 0.15) is 0 Å². The number of H-pyrrole nitrogens is 1. The average molecular weight is 347 g/mol. The maximum absolute atomic E-state index is 12.6. The van der Waals surface area contributed by atoms with Crippen molar-refractivity contribution in [2.24, 2.45) is 0 Å². The first-order valence-electron chi connectivity index (χ1n) is 6.97. The Morgan fingerprint density at radius 3 is 2.71 bits per heavy atom. The molecule has 2 aromatic rings. The molecule has 1 aliphatic heterocycles. The van der Waals surface area contributed by atoms with Gasteiger partial charge in [-0.1, -0.05) is 31.5 Å². The molecule has 108 valence electrons. The van der Waals surface area contributed by atoms with Crippen molar-refractivity contribution in [3.05, 3.63) is 40.5 Å². The number of aromatic nitrogens is 1. The van der Waals surface area contributed by atoms with Crippen LogP contribution in [-0.2, 0) is 9.59 Å². The van der Waals surface area contributed by atoms with Crippen LogP contribution in [0, 0.1) is 0 Å². The van der Waals surface area contributed by atoms with Crippen molar-refractivity contribution in [1.82, 2.24) is 9.88 Å². The van der Waals surface area contributed by atoms with Gasteiger partial charge in [0.05, 0.1) is 10.1 Å². The van der Waals surface area contributed by atoms with E-state index < -0.39 is 0 Å². The van der Waals surface area contributed by atoms with Crippen LogP contribution in [-0.4, -0.2) is 28.2 Å². The molecule has 0 saturated carbocycles. The highest BCUT2D eigenvalue weighted by atomic mass is 79.9. The highest BCUT2D eigenvalue weighted by Gasteiger charge is 2.38. The van der Waals surface area contributed by atoms with Crippen molar-refractivity contribution in [2.45, 2.75) is 19.8 Å². The van der Waals surface area contributed by atoms with Gasteiger partial charge in [0.15, 0.2) is 0 Å². The number of hydrogen-bond donors (Lipinski definition) is 1. The number of fused-ring (bicyclic) bond motifs is 1. The first-order chi connectivity index (χ1) is 10.1. The lowest BCUT2D eigenvalue weighted by atomic mass is 10.1. The molecule has 2 amide bonds. The largest absolute Gasteiger partial charge is 0.361 e. The highest BCUT2D eigenvalue weighted by Crippen LogP contribution is 2.36. The molecule has 4 nitrogen and oxygen atoms in total. The van der Waals surface area contributed by atoms with E-state index in [1.807, 2.05) is 31.2 Å². The number of para-hydroxylation sites is 1. The van der Waals surface area contributed by atoms with Gasteiger partial charge in [0.25, 0.3) is 11.8 Å². The van der Waals surface area contributed by atoms with E-state index in [4.69, 9.17) is 0 Å². The number of benzene rings is 1. The number of hydrogen-bond acceptors (Lipinski definition) is 2. The molecular weight excluding hydrogens is 332 g/mol. The number of imide groups is 1. The number of nitrogens with zero attached hydrogens (tertiary/aromatic N) is 1. The average Bonchev–Trinajstić information content (AvgIpc) is 2.99. The first kappa shape index (κ1) is 14.1. The summed E-state index contributed by atoms with van der Waals surface area (Å²) in [5, 5.41) is 0.947. The Hall–Kier alpha value is -1.88. The molecule has 0 atom stereocenters. The molecule has 1 aromatic heterocycles. The van der Waals surface area contributed by atoms with E-state index in [1.54, 1.807) is 6.20 Å². The van der Waals surface area contributed by atoms with Crippen molar-refractivity contribution in [3.63, 3.8) is 0 Å². The summed E-state index contributed by atoms with van der Waals surface area (Å²) in [7, 11) is 0. The standard InChI is InChI=1S/C16H15BrN2O2/c1-2-3-8-19-15(20)13(14(17)16(19)21)11-9-18-12-7-5-4-6-10(11)12/h4-7,9,18H,2-3,8H2,1H3.